The van der Waals surface area contributed by atoms with Gasteiger partial charge in [0.05, 0.1) is 11.4 Å². The Morgan fingerprint density at radius 1 is 1.15 bits per heavy atom. The van der Waals surface area contributed by atoms with Crippen LogP contribution in [0.5, 0.6) is 0 Å². The predicted molar refractivity (Wildman–Crippen MR) is 124 cm³/mol. The molecule has 0 bridgehead atoms. The maximum atomic E-state index is 12.6. The van der Waals surface area contributed by atoms with Crippen molar-refractivity contribution in [3.05, 3.63) is 69.3 Å². The molecule has 2 aromatic heterocycles. The van der Waals surface area contributed by atoms with Crippen LogP contribution in [0.1, 0.15) is 48.7 Å². The Hall–Kier alpha value is -3.75. The van der Waals surface area contributed by atoms with Crippen molar-refractivity contribution >= 4 is 17.6 Å². The van der Waals surface area contributed by atoms with Crippen molar-refractivity contribution in [1.82, 2.24) is 25.1 Å². The quantitative estimate of drug-likeness (QED) is 0.499. The molecule has 0 saturated carbocycles. The van der Waals surface area contributed by atoms with Crippen molar-refractivity contribution in [2.45, 2.75) is 58.4 Å². The minimum atomic E-state index is -0.803. The van der Waals surface area contributed by atoms with Gasteiger partial charge < -0.3 is 10.6 Å². The summed E-state index contributed by atoms with van der Waals surface area (Å²) in [7, 11) is 0. The summed E-state index contributed by atoms with van der Waals surface area (Å²) in [5.74, 6) is -1.04. The van der Waals surface area contributed by atoms with Crippen LogP contribution in [-0.4, -0.2) is 37.6 Å². The highest BCUT2D eigenvalue weighted by Gasteiger charge is 2.21. The maximum absolute atomic E-state index is 12.6. The molecule has 1 unspecified atom stereocenters. The number of H-pyrrole nitrogens is 1. The van der Waals surface area contributed by atoms with Gasteiger partial charge >= 0.3 is 11.8 Å². The summed E-state index contributed by atoms with van der Waals surface area (Å²) in [6.45, 7) is 3.62. The molecule has 1 aliphatic rings. The Labute approximate surface area is 191 Å². The summed E-state index contributed by atoms with van der Waals surface area (Å²) >= 11 is 0. The molecule has 0 fully saturated rings. The van der Waals surface area contributed by atoms with Gasteiger partial charge in [-0.3, -0.25) is 19.4 Å². The second kappa shape index (κ2) is 9.81. The SMILES string of the molecule is Cc1cc(NC(=O)C(=O)NC(C)CCc2ccccc2)n(-c2nc3c(c(=O)[nH]2)CCCC3)n1. The molecule has 0 spiro atoms. The first kappa shape index (κ1) is 22.4. The molecule has 0 radical (unpaired) electrons. The highest BCUT2D eigenvalue weighted by Crippen LogP contribution is 2.19. The minimum Gasteiger partial charge on any atom is -0.345 e. The van der Waals surface area contributed by atoms with E-state index in [0.717, 1.165) is 31.4 Å². The van der Waals surface area contributed by atoms with E-state index in [-0.39, 0.29) is 23.4 Å². The first-order chi connectivity index (χ1) is 15.9. The molecule has 1 aromatic carbocycles. The largest absolute Gasteiger partial charge is 0.345 e. The number of hydrogen-bond acceptors (Lipinski definition) is 5. The number of aromatic nitrogens is 4. The number of hydrogen-bond donors (Lipinski definition) is 3. The first-order valence-corrected chi connectivity index (χ1v) is 11.3. The number of carbonyl (C=O) groups is 2. The Morgan fingerprint density at radius 2 is 1.91 bits per heavy atom. The fourth-order valence-electron chi connectivity index (χ4n) is 4.00. The van der Waals surface area contributed by atoms with Crippen LogP contribution in [0.15, 0.2) is 41.2 Å². The van der Waals surface area contributed by atoms with E-state index < -0.39 is 11.8 Å². The van der Waals surface area contributed by atoms with Gasteiger partial charge in [-0.2, -0.15) is 9.78 Å². The van der Waals surface area contributed by atoms with Crippen molar-refractivity contribution < 1.29 is 9.59 Å². The van der Waals surface area contributed by atoms with Gasteiger partial charge in [0.1, 0.15) is 5.82 Å². The fraction of sp³-hybridized carbons (Fsp3) is 0.375. The van der Waals surface area contributed by atoms with Gasteiger partial charge in [-0.25, -0.2) is 4.98 Å². The Balaban J connectivity index is 1.43. The molecule has 9 heteroatoms. The van der Waals surface area contributed by atoms with Gasteiger partial charge in [0.2, 0.25) is 5.95 Å². The molecule has 33 heavy (non-hydrogen) atoms. The molecular weight excluding hydrogens is 420 g/mol. The number of nitrogens with zero attached hydrogens (tertiary/aromatic N) is 3. The van der Waals surface area contributed by atoms with Gasteiger partial charge in [0, 0.05) is 17.7 Å². The summed E-state index contributed by atoms with van der Waals surface area (Å²) in [6, 6.07) is 11.4. The van der Waals surface area contributed by atoms with Crippen LogP contribution in [0, 0.1) is 6.92 Å². The number of anilines is 1. The molecule has 0 saturated heterocycles. The lowest BCUT2D eigenvalue weighted by Gasteiger charge is -2.16. The molecule has 1 atom stereocenters. The van der Waals surface area contributed by atoms with Crippen molar-refractivity contribution in [3.8, 4) is 5.95 Å². The molecule has 172 valence electrons. The maximum Gasteiger partial charge on any atom is 0.314 e. The normalized spacial score (nSPS) is 13.8. The van der Waals surface area contributed by atoms with Crippen LogP contribution in [0.3, 0.4) is 0 Å². The van der Waals surface area contributed by atoms with Crippen molar-refractivity contribution in [2.75, 3.05) is 5.32 Å². The second-order valence-corrected chi connectivity index (χ2v) is 8.46. The Kier molecular flexibility index (Phi) is 6.67. The number of carbonyl (C=O) groups excluding carboxylic acids is 2. The summed E-state index contributed by atoms with van der Waals surface area (Å²) in [5.41, 5.74) is 3.07. The van der Waals surface area contributed by atoms with E-state index in [2.05, 4.69) is 25.7 Å². The van der Waals surface area contributed by atoms with E-state index in [1.807, 2.05) is 37.3 Å². The van der Waals surface area contributed by atoms with Crippen molar-refractivity contribution in [1.29, 1.82) is 0 Å². The summed E-state index contributed by atoms with van der Waals surface area (Å²) in [4.78, 5) is 44.8. The van der Waals surface area contributed by atoms with Gasteiger partial charge in [0.15, 0.2) is 0 Å². The van der Waals surface area contributed by atoms with Crippen LogP contribution >= 0.6 is 0 Å². The highest BCUT2D eigenvalue weighted by atomic mass is 16.2. The zero-order valence-corrected chi connectivity index (χ0v) is 18.9. The first-order valence-electron chi connectivity index (χ1n) is 11.3. The van der Waals surface area contributed by atoms with E-state index in [1.54, 1.807) is 13.0 Å². The van der Waals surface area contributed by atoms with Crippen molar-refractivity contribution in [3.63, 3.8) is 0 Å². The van der Waals surface area contributed by atoms with E-state index in [4.69, 9.17) is 0 Å². The standard InChI is InChI=1S/C24H28N6O3/c1-15(12-13-17-8-4-3-5-9-17)25-22(32)23(33)27-20-14-16(2)29-30(20)24-26-19-11-7-6-10-18(19)21(31)28-24/h3-5,8-9,14-15H,6-7,10-13H2,1-2H3,(H,25,32)(H,27,33)(H,26,28,31). The molecule has 9 nitrogen and oxygen atoms in total. The average molecular weight is 449 g/mol. The molecular formula is C24H28N6O3. The van der Waals surface area contributed by atoms with Crippen molar-refractivity contribution in [2.24, 2.45) is 0 Å². The highest BCUT2D eigenvalue weighted by molar-refractivity contribution is 6.39. The van der Waals surface area contributed by atoms with Crippen LogP contribution in [0.2, 0.25) is 0 Å². The third kappa shape index (κ3) is 5.36. The lowest BCUT2D eigenvalue weighted by molar-refractivity contribution is -0.136. The lowest BCUT2D eigenvalue weighted by atomic mass is 9.97. The van der Waals surface area contributed by atoms with E-state index in [1.165, 1.54) is 10.2 Å². The number of aromatic amines is 1. The van der Waals surface area contributed by atoms with Gasteiger partial charge in [-0.15, -0.1) is 0 Å². The van der Waals surface area contributed by atoms with Crippen LogP contribution in [0.25, 0.3) is 5.95 Å². The zero-order chi connectivity index (χ0) is 23.4. The smallest absolute Gasteiger partial charge is 0.314 e. The van der Waals surface area contributed by atoms with E-state index >= 15 is 0 Å². The Bertz CT molecular complexity index is 1210. The molecule has 4 rings (SSSR count). The number of fused-ring (bicyclic) bond motifs is 1. The molecule has 3 N–H and O–H groups in total. The fourth-order valence-corrected chi connectivity index (χ4v) is 4.00. The van der Waals surface area contributed by atoms with Crippen LogP contribution in [-0.2, 0) is 28.9 Å². The number of benzene rings is 1. The molecule has 1 aliphatic carbocycles. The third-order valence-electron chi connectivity index (χ3n) is 5.75. The monoisotopic (exact) mass is 448 g/mol. The molecule has 2 amide bonds. The number of rotatable bonds is 6. The van der Waals surface area contributed by atoms with Gasteiger partial charge in [-0.1, -0.05) is 30.3 Å². The van der Waals surface area contributed by atoms with E-state index in [9.17, 15) is 14.4 Å². The third-order valence-corrected chi connectivity index (χ3v) is 5.75. The Morgan fingerprint density at radius 3 is 2.70 bits per heavy atom. The number of amides is 2. The second-order valence-electron chi connectivity index (χ2n) is 8.46. The van der Waals surface area contributed by atoms with Gasteiger partial charge in [0.25, 0.3) is 5.56 Å². The molecule has 0 aliphatic heterocycles. The average Bonchev–Trinajstić information content (AvgIpc) is 3.18. The molecule has 3 aromatic rings. The van der Waals surface area contributed by atoms with E-state index in [0.29, 0.717) is 24.1 Å². The zero-order valence-electron chi connectivity index (χ0n) is 18.9. The summed E-state index contributed by atoms with van der Waals surface area (Å²) < 4.78 is 1.36. The molecule has 2 heterocycles. The topological polar surface area (TPSA) is 122 Å². The van der Waals surface area contributed by atoms with Crippen LogP contribution < -0.4 is 16.2 Å². The summed E-state index contributed by atoms with van der Waals surface area (Å²) in [5, 5.41) is 9.67. The number of aryl methyl sites for hydroxylation is 3. The lowest BCUT2D eigenvalue weighted by Crippen LogP contribution is -2.41. The minimum absolute atomic E-state index is 0.172. The number of nitrogens with one attached hydrogen (secondary N) is 3. The van der Waals surface area contributed by atoms with Gasteiger partial charge in [-0.05, 0) is 57.9 Å². The predicted octanol–water partition coefficient (Wildman–Crippen LogP) is 2.22. The summed E-state index contributed by atoms with van der Waals surface area (Å²) in [6.07, 6.45) is 4.90. The van der Waals surface area contributed by atoms with Crippen LogP contribution in [0.4, 0.5) is 5.82 Å².